The number of rotatable bonds is 7. The van der Waals surface area contributed by atoms with Crippen LogP contribution in [0.3, 0.4) is 0 Å². The van der Waals surface area contributed by atoms with E-state index in [1.165, 1.54) is 5.56 Å². The number of nitrogens with zero attached hydrogens (tertiary/aromatic N) is 1. The SMILES string of the molecule is CCCCOC(c1ccc(C)cc1)c1ccnc(C=O)c1. The van der Waals surface area contributed by atoms with Crippen LogP contribution in [0.1, 0.15) is 53.0 Å². The van der Waals surface area contributed by atoms with Crippen molar-refractivity contribution in [1.82, 2.24) is 4.98 Å². The summed E-state index contributed by atoms with van der Waals surface area (Å²) in [5.41, 5.74) is 3.71. The van der Waals surface area contributed by atoms with Crippen LogP contribution in [0.25, 0.3) is 0 Å². The molecule has 1 unspecified atom stereocenters. The number of benzene rings is 1. The van der Waals surface area contributed by atoms with Crippen molar-refractivity contribution in [3.63, 3.8) is 0 Å². The predicted octanol–water partition coefficient (Wildman–Crippen LogP) is 4.11. The summed E-state index contributed by atoms with van der Waals surface area (Å²) >= 11 is 0. The van der Waals surface area contributed by atoms with Gasteiger partial charge in [-0.15, -0.1) is 0 Å². The molecule has 2 rings (SSSR count). The molecule has 3 nitrogen and oxygen atoms in total. The number of hydrogen-bond donors (Lipinski definition) is 0. The van der Waals surface area contributed by atoms with Crippen molar-refractivity contribution in [1.29, 1.82) is 0 Å². The third-order valence-electron chi connectivity index (χ3n) is 3.39. The summed E-state index contributed by atoms with van der Waals surface area (Å²) < 4.78 is 6.05. The highest BCUT2D eigenvalue weighted by atomic mass is 16.5. The zero-order valence-electron chi connectivity index (χ0n) is 12.6. The Kier molecular flexibility index (Phi) is 5.64. The Morgan fingerprint density at radius 1 is 1.19 bits per heavy atom. The fraction of sp³-hybridized carbons (Fsp3) is 0.333. The second-order valence-corrected chi connectivity index (χ2v) is 5.15. The van der Waals surface area contributed by atoms with Crippen molar-refractivity contribution in [3.05, 3.63) is 65.0 Å². The summed E-state index contributed by atoms with van der Waals surface area (Å²) in [6, 6.07) is 12.0. The van der Waals surface area contributed by atoms with E-state index in [1.807, 2.05) is 6.07 Å². The number of unbranched alkanes of at least 4 members (excludes halogenated alkanes) is 1. The van der Waals surface area contributed by atoms with Gasteiger partial charge in [-0.05, 0) is 36.6 Å². The van der Waals surface area contributed by atoms with Crippen LogP contribution in [-0.2, 0) is 4.74 Å². The zero-order chi connectivity index (χ0) is 15.1. The quantitative estimate of drug-likeness (QED) is 0.567. The molecule has 1 atom stereocenters. The van der Waals surface area contributed by atoms with Gasteiger partial charge in [0.15, 0.2) is 6.29 Å². The predicted molar refractivity (Wildman–Crippen MR) is 83.5 cm³/mol. The second-order valence-electron chi connectivity index (χ2n) is 5.15. The number of hydrogen-bond acceptors (Lipinski definition) is 3. The van der Waals surface area contributed by atoms with E-state index in [0.29, 0.717) is 12.3 Å². The molecule has 1 aromatic heterocycles. The lowest BCUT2D eigenvalue weighted by atomic mass is 10.0. The first-order valence-electron chi connectivity index (χ1n) is 7.34. The highest BCUT2D eigenvalue weighted by Gasteiger charge is 2.15. The summed E-state index contributed by atoms with van der Waals surface area (Å²) in [4.78, 5) is 14.9. The molecule has 0 saturated carbocycles. The van der Waals surface area contributed by atoms with Crippen LogP contribution < -0.4 is 0 Å². The molecule has 110 valence electrons. The third kappa shape index (κ3) is 4.23. The summed E-state index contributed by atoms with van der Waals surface area (Å²) in [6.45, 7) is 4.91. The van der Waals surface area contributed by atoms with Crippen LogP contribution >= 0.6 is 0 Å². The van der Waals surface area contributed by atoms with Gasteiger partial charge >= 0.3 is 0 Å². The van der Waals surface area contributed by atoms with E-state index in [0.717, 1.165) is 30.3 Å². The number of carbonyl (C=O) groups is 1. The maximum Gasteiger partial charge on any atom is 0.168 e. The fourth-order valence-electron chi connectivity index (χ4n) is 2.16. The molecule has 0 saturated heterocycles. The van der Waals surface area contributed by atoms with Crippen molar-refractivity contribution in [2.45, 2.75) is 32.8 Å². The van der Waals surface area contributed by atoms with Gasteiger partial charge < -0.3 is 4.74 Å². The Balaban J connectivity index is 2.29. The normalized spacial score (nSPS) is 12.1. The van der Waals surface area contributed by atoms with Gasteiger partial charge in [0, 0.05) is 12.8 Å². The number of aromatic nitrogens is 1. The Morgan fingerprint density at radius 2 is 1.95 bits per heavy atom. The zero-order valence-corrected chi connectivity index (χ0v) is 12.6. The van der Waals surface area contributed by atoms with Crippen LogP contribution in [0.5, 0.6) is 0 Å². The van der Waals surface area contributed by atoms with E-state index in [1.54, 1.807) is 12.3 Å². The van der Waals surface area contributed by atoms with Crippen molar-refractivity contribution >= 4 is 6.29 Å². The summed E-state index contributed by atoms with van der Waals surface area (Å²) in [6.07, 6.45) is 4.38. The minimum Gasteiger partial charge on any atom is -0.369 e. The molecule has 0 amide bonds. The molecule has 0 radical (unpaired) electrons. The minimum absolute atomic E-state index is 0.154. The molecule has 0 aliphatic heterocycles. The van der Waals surface area contributed by atoms with Crippen LogP contribution in [0.4, 0.5) is 0 Å². The van der Waals surface area contributed by atoms with Gasteiger partial charge in [-0.1, -0.05) is 43.2 Å². The molecule has 0 spiro atoms. The van der Waals surface area contributed by atoms with Crippen molar-refractivity contribution < 1.29 is 9.53 Å². The van der Waals surface area contributed by atoms with Crippen molar-refractivity contribution in [2.75, 3.05) is 6.61 Å². The monoisotopic (exact) mass is 283 g/mol. The molecule has 1 aromatic carbocycles. The molecule has 21 heavy (non-hydrogen) atoms. The lowest BCUT2D eigenvalue weighted by Gasteiger charge is -2.19. The average molecular weight is 283 g/mol. The van der Waals surface area contributed by atoms with Crippen molar-refractivity contribution in [2.24, 2.45) is 0 Å². The van der Waals surface area contributed by atoms with Gasteiger partial charge in [-0.25, -0.2) is 0 Å². The Morgan fingerprint density at radius 3 is 2.62 bits per heavy atom. The van der Waals surface area contributed by atoms with E-state index in [-0.39, 0.29) is 6.10 Å². The molecule has 3 heteroatoms. The van der Waals surface area contributed by atoms with Crippen LogP contribution in [-0.4, -0.2) is 17.9 Å². The Hall–Kier alpha value is -2.00. The number of aryl methyl sites for hydroxylation is 1. The van der Waals surface area contributed by atoms with E-state index < -0.39 is 0 Å². The Labute approximate surface area is 126 Å². The maximum atomic E-state index is 10.9. The molecule has 1 heterocycles. The summed E-state index contributed by atoms with van der Waals surface area (Å²) in [7, 11) is 0. The van der Waals surface area contributed by atoms with Gasteiger partial charge in [-0.3, -0.25) is 9.78 Å². The van der Waals surface area contributed by atoms with E-state index in [2.05, 4.69) is 43.1 Å². The first kappa shape index (κ1) is 15.4. The first-order valence-corrected chi connectivity index (χ1v) is 7.34. The van der Waals surface area contributed by atoms with Gasteiger partial charge in [0.25, 0.3) is 0 Å². The molecule has 2 aromatic rings. The van der Waals surface area contributed by atoms with Crippen LogP contribution in [0, 0.1) is 6.92 Å². The van der Waals surface area contributed by atoms with Crippen LogP contribution in [0.2, 0.25) is 0 Å². The molecule has 0 aliphatic rings. The largest absolute Gasteiger partial charge is 0.369 e. The number of ether oxygens (including phenoxy) is 1. The molecule has 0 aliphatic carbocycles. The van der Waals surface area contributed by atoms with Gasteiger partial charge in [0.2, 0.25) is 0 Å². The number of carbonyl (C=O) groups excluding carboxylic acids is 1. The maximum absolute atomic E-state index is 10.9. The Bertz CT molecular complexity index is 578. The first-order chi connectivity index (χ1) is 10.2. The van der Waals surface area contributed by atoms with E-state index in [9.17, 15) is 4.79 Å². The number of aldehydes is 1. The lowest BCUT2D eigenvalue weighted by molar-refractivity contribution is 0.0777. The standard InChI is InChI=1S/C18H21NO2/c1-3-4-11-21-18(15-7-5-14(2)6-8-15)16-9-10-19-17(12-16)13-20/h5-10,12-13,18H,3-4,11H2,1-2H3. The highest BCUT2D eigenvalue weighted by Crippen LogP contribution is 2.26. The third-order valence-corrected chi connectivity index (χ3v) is 3.39. The van der Waals surface area contributed by atoms with E-state index in [4.69, 9.17) is 4.74 Å². The summed E-state index contributed by atoms with van der Waals surface area (Å²) in [5, 5.41) is 0. The topological polar surface area (TPSA) is 39.2 Å². The molecular weight excluding hydrogens is 262 g/mol. The average Bonchev–Trinajstić information content (AvgIpc) is 2.53. The fourth-order valence-corrected chi connectivity index (χ4v) is 2.16. The minimum atomic E-state index is -0.154. The van der Waals surface area contributed by atoms with Crippen LogP contribution in [0.15, 0.2) is 42.6 Å². The molecule has 0 N–H and O–H groups in total. The summed E-state index contributed by atoms with van der Waals surface area (Å²) in [5.74, 6) is 0. The van der Waals surface area contributed by atoms with Gasteiger partial charge in [0.1, 0.15) is 11.8 Å². The van der Waals surface area contributed by atoms with Gasteiger partial charge in [-0.2, -0.15) is 0 Å². The molecule has 0 bridgehead atoms. The van der Waals surface area contributed by atoms with E-state index >= 15 is 0 Å². The second kappa shape index (κ2) is 7.70. The van der Waals surface area contributed by atoms with Crippen molar-refractivity contribution in [3.8, 4) is 0 Å². The highest BCUT2D eigenvalue weighted by molar-refractivity contribution is 5.71. The molecule has 0 fully saturated rings. The smallest absolute Gasteiger partial charge is 0.168 e. The lowest BCUT2D eigenvalue weighted by Crippen LogP contribution is -2.08. The number of pyridine rings is 1. The van der Waals surface area contributed by atoms with Gasteiger partial charge in [0.05, 0.1) is 0 Å². The molecular formula is C18H21NO2.